The molecule has 0 amide bonds. The Labute approximate surface area is 123 Å². The van der Waals surface area contributed by atoms with Crippen molar-refractivity contribution in [3.05, 3.63) is 40.2 Å². The first-order valence-corrected chi connectivity index (χ1v) is 7.11. The van der Waals surface area contributed by atoms with Crippen molar-refractivity contribution in [3.8, 4) is 11.3 Å². The Morgan fingerprint density at radius 2 is 1.86 bits per heavy atom. The summed E-state index contributed by atoms with van der Waals surface area (Å²) in [5, 5.41) is 0. The van der Waals surface area contributed by atoms with E-state index in [1.165, 1.54) is 0 Å². The smallest absolute Gasteiger partial charge is 0.351 e. The van der Waals surface area contributed by atoms with Gasteiger partial charge >= 0.3 is 11.6 Å². The first-order chi connectivity index (χ1) is 10.1. The van der Waals surface area contributed by atoms with E-state index in [0.29, 0.717) is 11.3 Å². The summed E-state index contributed by atoms with van der Waals surface area (Å²) < 4.78 is 10.3. The average molecular weight is 289 g/mol. The summed E-state index contributed by atoms with van der Waals surface area (Å²) in [6.45, 7) is 7.52. The fraction of sp³-hybridized carbons (Fsp3) is 0.375. The molecule has 0 saturated heterocycles. The molecule has 0 aromatic carbocycles. The number of hydrogen-bond donors (Lipinski definition) is 0. The van der Waals surface area contributed by atoms with E-state index in [4.69, 9.17) is 9.15 Å². The molecule has 1 aliphatic carbocycles. The van der Waals surface area contributed by atoms with E-state index in [1.54, 1.807) is 19.1 Å². The van der Waals surface area contributed by atoms with Crippen LogP contribution in [0.15, 0.2) is 33.5 Å². The number of nitrogens with zero attached hydrogens (tertiary/aromatic N) is 1. The second kappa shape index (κ2) is 6.43. The lowest BCUT2D eigenvalue weighted by Crippen LogP contribution is -2.22. The van der Waals surface area contributed by atoms with Crippen LogP contribution in [-0.4, -0.2) is 25.7 Å². The second-order valence-electron chi connectivity index (χ2n) is 4.50. The van der Waals surface area contributed by atoms with Crippen LogP contribution >= 0.6 is 0 Å². The molecule has 0 aromatic rings. The molecule has 0 fully saturated rings. The molecule has 0 aromatic heterocycles. The molecule has 21 heavy (non-hydrogen) atoms. The van der Waals surface area contributed by atoms with E-state index in [2.05, 4.69) is 4.90 Å². The van der Waals surface area contributed by atoms with Crippen molar-refractivity contribution in [1.29, 1.82) is 0 Å². The SMILES string of the molecule is CCOC(=O)c1c2ccccc(N(CC)CC)c-2oc1=O. The van der Waals surface area contributed by atoms with Crippen molar-refractivity contribution >= 4 is 11.7 Å². The van der Waals surface area contributed by atoms with Gasteiger partial charge in [-0.25, -0.2) is 9.59 Å². The predicted molar refractivity (Wildman–Crippen MR) is 81.1 cm³/mol. The van der Waals surface area contributed by atoms with Gasteiger partial charge in [0.05, 0.1) is 12.3 Å². The third-order valence-corrected chi connectivity index (χ3v) is 3.36. The Bertz CT molecular complexity index is 658. The van der Waals surface area contributed by atoms with Crippen LogP contribution in [0.4, 0.5) is 5.69 Å². The Morgan fingerprint density at radius 1 is 1.19 bits per heavy atom. The highest BCUT2D eigenvalue weighted by atomic mass is 16.5. The van der Waals surface area contributed by atoms with Gasteiger partial charge in [-0.3, -0.25) is 0 Å². The van der Waals surface area contributed by atoms with Crippen molar-refractivity contribution in [1.82, 2.24) is 0 Å². The highest BCUT2D eigenvalue weighted by Crippen LogP contribution is 2.33. The highest BCUT2D eigenvalue weighted by molar-refractivity contribution is 5.98. The minimum Gasteiger partial charge on any atom is -0.462 e. The van der Waals surface area contributed by atoms with E-state index < -0.39 is 11.6 Å². The molecule has 1 heterocycles. The summed E-state index contributed by atoms with van der Waals surface area (Å²) in [6.07, 6.45) is 0. The quantitative estimate of drug-likeness (QED) is 0.792. The number of anilines is 1. The van der Waals surface area contributed by atoms with Crippen molar-refractivity contribution < 1.29 is 13.9 Å². The number of furan rings is 1. The summed E-state index contributed by atoms with van der Waals surface area (Å²) in [4.78, 5) is 26.1. The van der Waals surface area contributed by atoms with Gasteiger partial charge in [0, 0.05) is 18.7 Å². The molecule has 0 atom stereocenters. The number of carbonyl (C=O) groups is 1. The van der Waals surface area contributed by atoms with Gasteiger partial charge in [-0.15, -0.1) is 0 Å². The number of hydrogen-bond acceptors (Lipinski definition) is 5. The minimum absolute atomic E-state index is 0.0311. The number of carbonyl (C=O) groups excluding carboxylic acids is 1. The molecule has 2 aliphatic rings. The standard InChI is InChI=1S/C16H19NO4/c1-4-17(5-2)12-10-8-7-9-11-13(15(18)20-6-3)16(19)21-14(11)12/h7-10H,4-6H2,1-3H3. The largest absolute Gasteiger partial charge is 0.462 e. The normalized spacial score (nSPS) is 10.6. The third kappa shape index (κ3) is 2.77. The van der Waals surface area contributed by atoms with E-state index >= 15 is 0 Å². The molecular weight excluding hydrogens is 270 g/mol. The molecule has 1 aliphatic heterocycles. The highest BCUT2D eigenvalue weighted by Gasteiger charge is 2.27. The molecule has 5 nitrogen and oxygen atoms in total. The molecule has 0 unspecified atom stereocenters. The number of rotatable bonds is 5. The fourth-order valence-electron chi connectivity index (χ4n) is 2.36. The zero-order valence-electron chi connectivity index (χ0n) is 12.5. The average Bonchev–Trinajstić information content (AvgIpc) is 2.66. The topological polar surface area (TPSA) is 59.8 Å². The minimum atomic E-state index is -0.650. The van der Waals surface area contributed by atoms with Gasteiger partial charge in [0.25, 0.3) is 0 Å². The zero-order valence-corrected chi connectivity index (χ0v) is 12.5. The van der Waals surface area contributed by atoms with Crippen LogP contribution in [0.2, 0.25) is 0 Å². The van der Waals surface area contributed by atoms with Crippen LogP contribution in [0.1, 0.15) is 31.1 Å². The maximum absolute atomic E-state index is 12.0. The van der Waals surface area contributed by atoms with Crippen molar-refractivity contribution in [2.75, 3.05) is 24.6 Å². The molecule has 0 N–H and O–H groups in total. The second-order valence-corrected chi connectivity index (χ2v) is 4.50. The maximum atomic E-state index is 12.0. The van der Waals surface area contributed by atoms with Gasteiger partial charge in [-0.1, -0.05) is 18.2 Å². The Kier molecular flexibility index (Phi) is 4.62. The van der Waals surface area contributed by atoms with Gasteiger partial charge in [-0.2, -0.15) is 0 Å². The molecule has 0 saturated carbocycles. The fourth-order valence-corrected chi connectivity index (χ4v) is 2.36. The van der Waals surface area contributed by atoms with Gasteiger partial charge in [0.2, 0.25) is 0 Å². The lowest BCUT2D eigenvalue weighted by Gasteiger charge is -2.20. The lowest BCUT2D eigenvalue weighted by molar-refractivity contribution is 0.0524. The van der Waals surface area contributed by atoms with Crippen LogP contribution in [-0.2, 0) is 4.74 Å². The van der Waals surface area contributed by atoms with Crippen LogP contribution in [0.5, 0.6) is 0 Å². The van der Waals surface area contributed by atoms with Crippen molar-refractivity contribution in [2.24, 2.45) is 0 Å². The third-order valence-electron chi connectivity index (χ3n) is 3.36. The van der Waals surface area contributed by atoms with Gasteiger partial charge in [-0.05, 0) is 26.8 Å². The van der Waals surface area contributed by atoms with Gasteiger partial charge in [0.1, 0.15) is 0 Å². The molecule has 0 radical (unpaired) electrons. The Hall–Kier alpha value is -2.30. The summed E-state index contributed by atoms with van der Waals surface area (Å²) in [6, 6.07) is 7.24. The Balaban J connectivity index is 2.64. The number of ether oxygens (including phenoxy) is 1. The summed E-state index contributed by atoms with van der Waals surface area (Å²) >= 11 is 0. The Morgan fingerprint density at radius 3 is 2.48 bits per heavy atom. The molecule has 0 bridgehead atoms. The van der Waals surface area contributed by atoms with E-state index in [9.17, 15) is 9.59 Å². The molecule has 2 rings (SSSR count). The monoisotopic (exact) mass is 289 g/mol. The molecular formula is C16H19NO4. The summed E-state index contributed by atoms with van der Waals surface area (Å²) in [5.41, 5.74) is 0.609. The van der Waals surface area contributed by atoms with Crippen LogP contribution < -0.4 is 10.5 Å². The number of esters is 1. The first-order valence-electron chi connectivity index (χ1n) is 7.11. The van der Waals surface area contributed by atoms with E-state index in [-0.39, 0.29) is 12.2 Å². The van der Waals surface area contributed by atoms with Gasteiger partial charge < -0.3 is 14.1 Å². The van der Waals surface area contributed by atoms with Crippen LogP contribution in [0.25, 0.3) is 11.3 Å². The van der Waals surface area contributed by atoms with Crippen molar-refractivity contribution in [2.45, 2.75) is 20.8 Å². The van der Waals surface area contributed by atoms with E-state index in [1.807, 2.05) is 26.0 Å². The molecule has 5 heteroatoms. The van der Waals surface area contributed by atoms with Crippen LogP contribution in [0, 0.1) is 0 Å². The predicted octanol–water partition coefficient (Wildman–Crippen LogP) is 2.77. The molecule has 112 valence electrons. The van der Waals surface area contributed by atoms with Crippen molar-refractivity contribution in [3.63, 3.8) is 0 Å². The molecule has 0 spiro atoms. The zero-order chi connectivity index (χ0) is 15.4. The van der Waals surface area contributed by atoms with Crippen LogP contribution in [0.3, 0.4) is 0 Å². The summed E-state index contributed by atoms with van der Waals surface area (Å²) in [7, 11) is 0. The number of fused-ring (bicyclic) bond motifs is 1. The van der Waals surface area contributed by atoms with Gasteiger partial charge in [0.15, 0.2) is 11.3 Å². The lowest BCUT2D eigenvalue weighted by atomic mass is 10.1. The summed E-state index contributed by atoms with van der Waals surface area (Å²) in [5.74, 6) is -0.213. The maximum Gasteiger partial charge on any atom is 0.351 e. The first kappa shape index (κ1) is 15.1. The van der Waals surface area contributed by atoms with E-state index in [0.717, 1.165) is 18.8 Å².